The summed E-state index contributed by atoms with van der Waals surface area (Å²) in [6.45, 7) is 6.42. The van der Waals surface area contributed by atoms with Gasteiger partial charge in [-0.25, -0.2) is 9.97 Å². The molecule has 0 saturated heterocycles. The number of nitrogens with zero attached hydrogens (tertiary/aromatic N) is 4. The number of imidazole rings is 1. The maximum Gasteiger partial charge on any atom is 0.434 e. The average Bonchev–Trinajstić information content (AvgIpc) is 3.10. The van der Waals surface area contributed by atoms with Crippen molar-refractivity contribution in [1.82, 2.24) is 14.5 Å². The van der Waals surface area contributed by atoms with Crippen molar-refractivity contribution in [2.75, 3.05) is 22.6 Å². The molecule has 1 aliphatic heterocycles. The molecule has 0 radical (unpaired) electrons. The normalized spacial score (nSPS) is 23.4. The first-order chi connectivity index (χ1) is 14.5. The SMILES string of the molecule is Cc1nc(NC2CC(Cn3cnc(C(F)(F)F)c3)C2)cc2c1NC(=O)[C@H](C(C)C)N2C. The highest BCUT2D eigenvalue weighted by molar-refractivity contribution is 6.04. The number of amides is 1. The minimum absolute atomic E-state index is 0.0226. The molecule has 2 aromatic heterocycles. The van der Waals surface area contributed by atoms with Gasteiger partial charge in [0, 0.05) is 31.9 Å². The predicted octanol–water partition coefficient (Wildman–Crippen LogP) is 3.91. The number of rotatable bonds is 5. The van der Waals surface area contributed by atoms with Crippen LogP contribution in [0.4, 0.5) is 30.4 Å². The minimum Gasteiger partial charge on any atom is -0.367 e. The zero-order valence-electron chi connectivity index (χ0n) is 18.0. The van der Waals surface area contributed by atoms with E-state index in [0.717, 1.165) is 41.9 Å². The zero-order valence-corrected chi connectivity index (χ0v) is 18.0. The van der Waals surface area contributed by atoms with Gasteiger partial charge in [-0.05, 0) is 31.6 Å². The van der Waals surface area contributed by atoms with Gasteiger partial charge < -0.3 is 20.1 Å². The number of aromatic nitrogens is 3. The number of pyridine rings is 1. The van der Waals surface area contributed by atoms with Crippen molar-refractivity contribution in [3.05, 3.63) is 30.0 Å². The lowest BCUT2D eigenvalue weighted by molar-refractivity contribution is -0.141. The molecule has 10 heteroatoms. The van der Waals surface area contributed by atoms with Gasteiger partial charge in [0.25, 0.3) is 0 Å². The van der Waals surface area contributed by atoms with Gasteiger partial charge in [0.15, 0.2) is 5.69 Å². The Labute approximate surface area is 179 Å². The number of likely N-dealkylation sites (N-methyl/N-ethyl adjacent to an activating group) is 1. The number of aryl methyl sites for hydroxylation is 1. The van der Waals surface area contributed by atoms with Crippen LogP contribution in [0.1, 0.15) is 38.1 Å². The number of carbonyl (C=O) groups excluding carboxylic acids is 1. The van der Waals surface area contributed by atoms with E-state index in [2.05, 4.69) is 20.6 Å². The van der Waals surface area contributed by atoms with Crippen molar-refractivity contribution in [2.24, 2.45) is 11.8 Å². The number of fused-ring (bicyclic) bond motifs is 1. The van der Waals surface area contributed by atoms with E-state index < -0.39 is 11.9 Å². The van der Waals surface area contributed by atoms with Gasteiger partial charge in [0.1, 0.15) is 11.9 Å². The van der Waals surface area contributed by atoms with Crippen LogP contribution in [-0.4, -0.2) is 39.6 Å². The number of hydrogen-bond acceptors (Lipinski definition) is 5. The molecule has 3 heterocycles. The van der Waals surface area contributed by atoms with Crippen molar-refractivity contribution in [2.45, 2.75) is 58.4 Å². The molecule has 1 saturated carbocycles. The average molecular weight is 436 g/mol. The second-order valence-corrected chi connectivity index (χ2v) is 8.91. The van der Waals surface area contributed by atoms with Gasteiger partial charge in [0.05, 0.1) is 23.4 Å². The van der Waals surface area contributed by atoms with Crippen LogP contribution in [0, 0.1) is 18.8 Å². The monoisotopic (exact) mass is 436 g/mol. The molecule has 0 aromatic carbocycles. The highest BCUT2D eigenvalue weighted by Gasteiger charge is 2.36. The third-order valence-electron chi connectivity index (χ3n) is 6.11. The Morgan fingerprint density at radius 2 is 2.03 bits per heavy atom. The summed E-state index contributed by atoms with van der Waals surface area (Å²) in [6.07, 6.45) is -0.416. The Kier molecular flexibility index (Phi) is 5.35. The lowest BCUT2D eigenvalue weighted by Crippen LogP contribution is -2.49. The molecule has 2 aliphatic rings. The van der Waals surface area contributed by atoms with E-state index in [0.29, 0.717) is 12.5 Å². The molecule has 1 fully saturated rings. The topological polar surface area (TPSA) is 75.1 Å². The van der Waals surface area contributed by atoms with Gasteiger partial charge in [-0.15, -0.1) is 0 Å². The Hall–Kier alpha value is -2.78. The van der Waals surface area contributed by atoms with Crippen molar-refractivity contribution in [3.8, 4) is 0 Å². The third kappa shape index (κ3) is 4.20. The molecular formula is C21H27F3N6O. The summed E-state index contributed by atoms with van der Waals surface area (Å²) >= 11 is 0. The predicted molar refractivity (Wildman–Crippen MR) is 112 cm³/mol. The fraction of sp³-hybridized carbons (Fsp3) is 0.571. The summed E-state index contributed by atoms with van der Waals surface area (Å²) in [6, 6.07) is 1.92. The minimum atomic E-state index is -4.41. The fourth-order valence-corrected chi connectivity index (χ4v) is 4.55. The van der Waals surface area contributed by atoms with Crippen LogP contribution < -0.4 is 15.5 Å². The van der Waals surface area contributed by atoms with Gasteiger partial charge in [-0.1, -0.05) is 13.8 Å². The van der Waals surface area contributed by atoms with Gasteiger partial charge in [-0.2, -0.15) is 13.2 Å². The van der Waals surface area contributed by atoms with Gasteiger partial charge in [0.2, 0.25) is 5.91 Å². The summed E-state index contributed by atoms with van der Waals surface area (Å²) < 4.78 is 39.6. The molecule has 4 rings (SSSR count). The van der Waals surface area contributed by atoms with Crippen molar-refractivity contribution in [3.63, 3.8) is 0 Å². The van der Waals surface area contributed by atoms with Crippen LogP contribution in [0.5, 0.6) is 0 Å². The van der Waals surface area contributed by atoms with E-state index >= 15 is 0 Å². The Bertz CT molecular complexity index is 980. The smallest absolute Gasteiger partial charge is 0.367 e. The van der Waals surface area contributed by atoms with Crippen LogP contribution in [0.3, 0.4) is 0 Å². The second-order valence-electron chi connectivity index (χ2n) is 8.91. The number of carbonyl (C=O) groups is 1. The van der Waals surface area contributed by atoms with E-state index in [9.17, 15) is 18.0 Å². The zero-order chi connectivity index (χ0) is 22.5. The Morgan fingerprint density at radius 3 is 2.65 bits per heavy atom. The summed E-state index contributed by atoms with van der Waals surface area (Å²) in [4.78, 5) is 22.5. The van der Waals surface area contributed by atoms with Gasteiger partial charge in [-0.3, -0.25) is 4.79 Å². The Balaban J connectivity index is 1.39. The first-order valence-electron chi connectivity index (χ1n) is 10.4. The number of hydrogen-bond donors (Lipinski definition) is 2. The molecule has 31 heavy (non-hydrogen) atoms. The molecule has 1 aliphatic carbocycles. The highest BCUT2D eigenvalue weighted by Crippen LogP contribution is 2.38. The molecule has 0 bridgehead atoms. The first kappa shape index (κ1) is 21.5. The molecule has 168 valence electrons. The van der Waals surface area contributed by atoms with E-state index in [1.807, 2.05) is 38.8 Å². The summed E-state index contributed by atoms with van der Waals surface area (Å²) in [5.41, 5.74) is 1.56. The molecule has 2 N–H and O–H groups in total. The van der Waals surface area contributed by atoms with Crippen LogP contribution in [0.2, 0.25) is 0 Å². The molecule has 2 aromatic rings. The van der Waals surface area contributed by atoms with Gasteiger partial charge >= 0.3 is 6.18 Å². The largest absolute Gasteiger partial charge is 0.434 e. The van der Waals surface area contributed by atoms with Crippen molar-refractivity contribution < 1.29 is 18.0 Å². The second kappa shape index (κ2) is 7.72. The highest BCUT2D eigenvalue weighted by atomic mass is 19.4. The van der Waals surface area contributed by atoms with Crippen LogP contribution in [-0.2, 0) is 17.5 Å². The number of alkyl halides is 3. The number of halogens is 3. The quantitative estimate of drug-likeness (QED) is 0.744. The lowest BCUT2D eigenvalue weighted by atomic mass is 9.80. The summed E-state index contributed by atoms with van der Waals surface area (Å²) in [5, 5.41) is 6.42. The Morgan fingerprint density at radius 1 is 1.32 bits per heavy atom. The first-order valence-corrected chi connectivity index (χ1v) is 10.4. The molecule has 1 amide bonds. The molecule has 7 nitrogen and oxygen atoms in total. The van der Waals surface area contributed by atoms with Crippen molar-refractivity contribution >= 4 is 23.1 Å². The third-order valence-corrected chi connectivity index (χ3v) is 6.11. The maximum atomic E-state index is 12.7. The van der Waals surface area contributed by atoms with Crippen molar-refractivity contribution in [1.29, 1.82) is 0 Å². The molecule has 0 unspecified atom stereocenters. The maximum absolute atomic E-state index is 12.7. The molecule has 1 atom stereocenters. The molecule has 0 spiro atoms. The fourth-order valence-electron chi connectivity index (χ4n) is 4.55. The number of nitrogens with one attached hydrogen (secondary N) is 2. The van der Waals surface area contributed by atoms with Crippen LogP contribution >= 0.6 is 0 Å². The van der Waals surface area contributed by atoms with E-state index in [1.165, 1.54) is 10.9 Å². The van der Waals surface area contributed by atoms with Crippen LogP contribution in [0.15, 0.2) is 18.6 Å². The van der Waals surface area contributed by atoms with E-state index in [4.69, 9.17) is 0 Å². The lowest BCUT2D eigenvalue weighted by Gasteiger charge is -2.39. The standard InChI is InChI=1S/C21H27F3N6O/c1-11(2)19-20(31)28-18-12(3)26-17(7-15(18)29(19)4)27-14-5-13(6-14)8-30-9-16(25-10-30)21(22,23)24/h7,9-11,13-14,19H,5-6,8H2,1-4H3,(H,26,27)(H,28,31)/t13?,14?,19-/m0/s1. The molecular weight excluding hydrogens is 409 g/mol. The summed E-state index contributed by atoms with van der Waals surface area (Å²) in [7, 11) is 1.92. The van der Waals surface area contributed by atoms with Crippen LogP contribution in [0.25, 0.3) is 0 Å². The number of anilines is 3. The van der Waals surface area contributed by atoms with E-state index in [-0.39, 0.29) is 23.9 Å². The van der Waals surface area contributed by atoms with E-state index in [1.54, 1.807) is 0 Å². The summed E-state index contributed by atoms with van der Waals surface area (Å²) in [5.74, 6) is 1.17.